The van der Waals surface area contributed by atoms with Gasteiger partial charge >= 0.3 is 0 Å². The molecule has 0 aliphatic heterocycles. The molecule has 0 bridgehead atoms. The maximum Gasteiger partial charge on any atom is 0.295 e. The molecule has 0 radical (unpaired) electrons. The van der Waals surface area contributed by atoms with Gasteiger partial charge in [-0.15, -0.1) is 0 Å². The Morgan fingerprint density at radius 2 is 2.33 bits per heavy atom. The third kappa shape index (κ3) is 3.13. The van der Waals surface area contributed by atoms with Crippen molar-refractivity contribution >= 4 is 34.7 Å². The molecule has 0 aliphatic carbocycles. The number of carbonyl (C=O) groups is 1. The molecule has 0 atom stereocenters. The molecule has 2 aromatic rings. The molecule has 1 heterocycles. The number of aromatic nitrogens is 2. The van der Waals surface area contributed by atoms with Crippen LogP contribution in [0.25, 0.3) is 0 Å². The summed E-state index contributed by atoms with van der Waals surface area (Å²) in [7, 11) is 0. The summed E-state index contributed by atoms with van der Waals surface area (Å²) in [5, 5.41) is 10.8. The van der Waals surface area contributed by atoms with Gasteiger partial charge in [-0.25, -0.2) is 10.1 Å². The van der Waals surface area contributed by atoms with E-state index in [0.717, 1.165) is 9.13 Å². The molecule has 1 aromatic heterocycles. The molecule has 2 rings (SSSR count). The topological polar surface area (TPSA) is 80.4 Å². The van der Waals surface area contributed by atoms with Gasteiger partial charge in [0.15, 0.2) is 5.69 Å². The van der Waals surface area contributed by atoms with E-state index < -0.39 is 5.91 Å². The number of halogens is 1. The van der Waals surface area contributed by atoms with Gasteiger partial charge in [-0.3, -0.25) is 4.79 Å². The zero-order valence-corrected chi connectivity index (χ0v) is 11.6. The average Bonchev–Trinajstić information content (AvgIpc) is 2.75. The summed E-state index contributed by atoms with van der Waals surface area (Å²) in [6.07, 6.45) is 1.56. The summed E-state index contributed by atoms with van der Waals surface area (Å²) >= 11 is 2.20. The zero-order valence-electron chi connectivity index (χ0n) is 9.42. The van der Waals surface area contributed by atoms with Gasteiger partial charge in [-0.05, 0) is 52.4 Å². The Balaban J connectivity index is 2.00. The van der Waals surface area contributed by atoms with Gasteiger partial charge in [0, 0.05) is 3.57 Å². The SMILES string of the molecule is Cc1nonc1C(=O)N/N=C\c1cccc(I)c1. The van der Waals surface area contributed by atoms with Crippen LogP contribution < -0.4 is 5.43 Å². The van der Waals surface area contributed by atoms with Gasteiger partial charge in [0.25, 0.3) is 5.91 Å². The van der Waals surface area contributed by atoms with Crippen molar-refractivity contribution in [1.29, 1.82) is 0 Å². The minimum absolute atomic E-state index is 0.134. The fourth-order valence-corrected chi connectivity index (χ4v) is 1.81. The van der Waals surface area contributed by atoms with Gasteiger partial charge in [-0.1, -0.05) is 17.3 Å². The Bertz CT molecular complexity index is 594. The van der Waals surface area contributed by atoms with Crippen LogP contribution in [0.3, 0.4) is 0 Å². The summed E-state index contributed by atoms with van der Waals surface area (Å²) in [6, 6.07) is 7.72. The number of nitrogens with one attached hydrogen (secondary N) is 1. The Morgan fingerprint density at radius 1 is 1.50 bits per heavy atom. The molecule has 1 aromatic carbocycles. The minimum Gasteiger partial charge on any atom is -0.265 e. The van der Waals surface area contributed by atoms with Gasteiger partial charge < -0.3 is 0 Å². The normalized spacial score (nSPS) is 10.8. The molecule has 0 aliphatic rings. The summed E-state index contributed by atoms with van der Waals surface area (Å²) in [5.74, 6) is -0.448. The molecule has 6 nitrogen and oxygen atoms in total. The second kappa shape index (κ2) is 5.71. The first-order valence-corrected chi connectivity index (χ1v) is 6.13. The van der Waals surface area contributed by atoms with Crippen LogP contribution >= 0.6 is 22.6 Å². The standard InChI is InChI=1S/C11H9IN4O2/c1-7-10(16-18-15-7)11(17)14-13-6-8-3-2-4-9(12)5-8/h2-6H,1H3,(H,14,17)/b13-6-. The maximum atomic E-state index is 11.6. The van der Waals surface area contributed by atoms with Gasteiger partial charge in [0.05, 0.1) is 6.21 Å². The van der Waals surface area contributed by atoms with E-state index in [2.05, 4.69) is 48.1 Å². The van der Waals surface area contributed by atoms with E-state index >= 15 is 0 Å². The van der Waals surface area contributed by atoms with E-state index in [4.69, 9.17) is 0 Å². The van der Waals surface area contributed by atoms with E-state index in [1.807, 2.05) is 24.3 Å². The van der Waals surface area contributed by atoms with Crippen molar-refractivity contribution in [3.05, 3.63) is 44.8 Å². The number of hydrogen-bond donors (Lipinski definition) is 1. The van der Waals surface area contributed by atoms with Crippen LogP contribution in [0.15, 0.2) is 34.0 Å². The highest BCUT2D eigenvalue weighted by Crippen LogP contribution is 2.05. The van der Waals surface area contributed by atoms with Crippen LogP contribution in [0.5, 0.6) is 0 Å². The van der Waals surface area contributed by atoms with Crippen molar-refractivity contribution in [2.45, 2.75) is 6.92 Å². The highest BCUT2D eigenvalue weighted by atomic mass is 127. The van der Waals surface area contributed by atoms with Gasteiger partial charge in [-0.2, -0.15) is 5.10 Å². The van der Waals surface area contributed by atoms with Gasteiger partial charge in [0.2, 0.25) is 0 Å². The fourth-order valence-electron chi connectivity index (χ4n) is 1.24. The second-order valence-corrected chi connectivity index (χ2v) is 4.70. The predicted molar refractivity (Wildman–Crippen MR) is 73.3 cm³/mol. The van der Waals surface area contributed by atoms with Crippen molar-refractivity contribution in [3.8, 4) is 0 Å². The number of carbonyl (C=O) groups excluding carboxylic acids is 1. The number of rotatable bonds is 3. The highest BCUT2D eigenvalue weighted by Gasteiger charge is 2.13. The van der Waals surface area contributed by atoms with Crippen LogP contribution in [0.4, 0.5) is 0 Å². The first kappa shape index (κ1) is 12.7. The molecular formula is C11H9IN4O2. The quantitative estimate of drug-likeness (QED) is 0.516. The molecule has 1 N–H and O–H groups in total. The Morgan fingerprint density at radius 3 is 3.00 bits per heavy atom. The Kier molecular flexibility index (Phi) is 4.03. The van der Waals surface area contributed by atoms with E-state index in [9.17, 15) is 4.79 Å². The smallest absolute Gasteiger partial charge is 0.265 e. The summed E-state index contributed by atoms with van der Waals surface area (Å²) < 4.78 is 5.53. The molecule has 0 saturated heterocycles. The van der Waals surface area contributed by atoms with Crippen molar-refractivity contribution in [2.75, 3.05) is 0 Å². The Labute approximate surface area is 117 Å². The van der Waals surface area contributed by atoms with Crippen molar-refractivity contribution in [1.82, 2.24) is 15.7 Å². The lowest BCUT2D eigenvalue weighted by Gasteiger charge is -1.96. The lowest BCUT2D eigenvalue weighted by Crippen LogP contribution is -2.19. The molecular weight excluding hydrogens is 347 g/mol. The molecule has 1 amide bonds. The van der Waals surface area contributed by atoms with Crippen LogP contribution in [0.1, 0.15) is 21.7 Å². The molecule has 0 spiro atoms. The van der Waals surface area contributed by atoms with Crippen molar-refractivity contribution in [3.63, 3.8) is 0 Å². The lowest BCUT2D eigenvalue weighted by molar-refractivity contribution is 0.0945. The van der Waals surface area contributed by atoms with Crippen LogP contribution in [0, 0.1) is 10.5 Å². The molecule has 92 valence electrons. The predicted octanol–water partition coefficient (Wildman–Crippen LogP) is 1.75. The van der Waals surface area contributed by atoms with Gasteiger partial charge in [0.1, 0.15) is 5.69 Å². The average molecular weight is 356 g/mol. The largest absolute Gasteiger partial charge is 0.295 e. The fraction of sp³-hybridized carbons (Fsp3) is 0.0909. The molecule has 0 unspecified atom stereocenters. The van der Waals surface area contributed by atoms with E-state index in [-0.39, 0.29) is 5.69 Å². The van der Waals surface area contributed by atoms with Crippen molar-refractivity contribution in [2.24, 2.45) is 5.10 Å². The van der Waals surface area contributed by atoms with Crippen LogP contribution in [0.2, 0.25) is 0 Å². The number of amides is 1. The number of aryl methyl sites for hydroxylation is 1. The zero-order chi connectivity index (χ0) is 13.0. The highest BCUT2D eigenvalue weighted by molar-refractivity contribution is 14.1. The van der Waals surface area contributed by atoms with E-state index in [1.165, 1.54) is 0 Å². The first-order chi connectivity index (χ1) is 8.66. The van der Waals surface area contributed by atoms with Crippen molar-refractivity contribution < 1.29 is 9.42 Å². The third-order valence-electron chi connectivity index (χ3n) is 2.10. The molecule has 0 saturated carbocycles. The molecule has 0 fully saturated rings. The number of benzene rings is 1. The summed E-state index contributed by atoms with van der Waals surface area (Å²) in [5.41, 5.74) is 3.82. The molecule has 7 heteroatoms. The lowest BCUT2D eigenvalue weighted by atomic mass is 10.2. The number of hydrazone groups is 1. The van der Waals surface area contributed by atoms with Crippen LogP contribution in [-0.2, 0) is 0 Å². The monoisotopic (exact) mass is 356 g/mol. The summed E-state index contributed by atoms with van der Waals surface area (Å²) in [6.45, 7) is 1.63. The van der Waals surface area contributed by atoms with E-state index in [0.29, 0.717) is 5.69 Å². The Hall–Kier alpha value is -1.77. The van der Waals surface area contributed by atoms with Crippen LogP contribution in [-0.4, -0.2) is 22.4 Å². The number of nitrogens with zero attached hydrogens (tertiary/aromatic N) is 3. The summed E-state index contributed by atoms with van der Waals surface area (Å²) in [4.78, 5) is 11.6. The minimum atomic E-state index is -0.448. The maximum absolute atomic E-state index is 11.6. The second-order valence-electron chi connectivity index (χ2n) is 3.45. The first-order valence-electron chi connectivity index (χ1n) is 5.05. The molecule has 18 heavy (non-hydrogen) atoms. The number of hydrogen-bond acceptors (Lipinski definition) is 5. The third-order valence-corrected chi connectivity index (χ3v) is 2.77. The van der Waals surface area contributed by atoms with E-state index in [1.54, 1.807) is 13.1 Å².